The summed E-state index contributed by atoms with van der Waals surface area (Å²) < 4.78 is 4.63. The molecule has 1 amide bonds. The van der Waals surface area contributed by atoms with Crippen molar-refractivity contribution in [3.8, 4) is 0 Å². The van der Waals surface area contributed by atoms with Crippen LogP contribution in [0.1, 0.15) is 26.7 Å². The fraction of sp³-hybridized carbons (Fsp3) is 0.600. The molecule has 4 heteroatoms. The molecule has 0 aliphatic heterocycles. The quantitative estimate of drug-likeness (QED) is 0.531. The summed E-state index contributed by atoms with van der Waals surface area (Å²) in [5.74, 6) is -0.805. The van der Waals surface area contributed by atoms with Gasteiger partial charge in [-0.1, -0.05) is 19.9 Å². The Morgan fingerprint density at radius 2 is 2.14 bits per heavy atom. The van der Waals surface area contributed by atoms with Gasteiger partial charge >= 0.3 is 5.97 Å². The van der Waals surface area contributed by atoms with Gasteiger partial charge in [-0.15, -0.1) is 0 Å². The Labute approximate surface area is 84.3 Å². The van der Waals surface area contributed by atoms with Crippen molar-refractivity contribution in [3.05, 3.63) is 12.7 Å². The Balaban J connectivity index is 4.61. The van der Waals surface area contributed by atoms with Gasteiger partial charge in [-0.3, -0.25) is 4.79 Å². The molecule has 0 rings (SSSR count). The summed E-state index contributed by atoms with van der Waals surface area (Å²) in [5, 5.41) is 2.56. The van der Waals surface area contributed by atoms with Crippen LogP contribution in [-0.2, 0) is 14.3 Å². The van der Waals surface area contributed by atoms with Crippen molar-refractivity contribution < 1.29 is 14.3 Å². The number of hydrogen-bond donors (Lipinski definition) is 1. The second kappa shape index (κ2) is 5.42. The average molecular weight is 199 g/mol. The molecule has 0 saturated heterocycles. The summed E-state index contributed by atoms with van der Waals surface area (Å²) in [6.07, 6.45) is 2.46. The molecule has 4 nitrogen and oxygen atoms in total. The number of carbonyl (C=O) groups is 2. The molecule has 0 aromatic carbocycles. The van der Waals surface area contributed by atoms with E-state index in [0.29, 0.717) is 6.42 Å². The molecule has 0 aliphatic carbocycles. The van der Waals surface area contributed by atoms with Gasteiger partial charge in [0.25, 0.3) is 0 Å². The minimum Gasteiger partial charge on any atom is -0.467 e. The lowest BCUT2D eigenvalue weighted by atomic mass is 9.96. The lowest BCUT2D eigenvalue weighted by Crippen LogP contribution is -2.52. The van der Waals surface area contributed by atoms with Crippen molar-refractivity contribution in [2.45, 2.75) is 32.2 Å². The van der Waals surface area contributed by atoms with E-state index < -0.39 is 11.5 Å². The Morgan fingerprint density at radius 3 is 2.50 bits per heavy atom. The van der Waals surface area contributed by atoms with Crippen molar-refractivity contribution in [1.29, 1.82) is 0 Å². The molecule has 0 aromatic rings. The van der Waals surface area contributed by atoms with Gasteiger partial charge < -0.3 is 10.1 Å². The van der Waals surface area contributed by atoms with E-state index in [1.165, 1.54) is 7.11 Å². The molecule has 0 aromatic heterocycles. The fourth-order valence-electron chi connectivity index (χ4n) is 1.26. The first-order valence-corrected chi connectivity index (χ1v) is 4.53. The van der Waals surface area contributed by atoms with Crippen molar-refractivity contribution in [2.75, 3.05) is 7.11 Å². The third-order valence-electron chi connectivity index (χ3n) is 1.97. The second-order valence-corrected chi connectivity index (χ2v) is 3.27. The average Bonchev–Trinajstić information content (AvgIpc) is 2.16. The fourth-order valence-corrected chi connectivity index (χ4v) is 1.26. The number of hydrogen-bond acceptors (Lipinski definition) is 3. The standard InChI is InChI=1S/C10H17NO3/c1-5-7-10(3,9(13)14-4)11-8(12)6-2/h6H,2,5,7H2,1,3-4H3,(H,11,12). The van der Waals surface area contributed by atoms with E-state index in [4.69, 9.17) is 0 Å². The van der Waals surface area contributed by atoms with Gasteiger partial charge in [-0.25, -0.2) is 4.79 Å². The van der Waals surface area contributed by atoms with E-state index >= 15 is 0 Å². The molecule has 0 heterocycles. The second-order valence-electron chi connectivity index (χ2n) is 3.27. The van der Waals surface area contributed by atoms with Crippen LogP contribution < -0.4 is 5.32 Å². The highest BCUT2D eigenvalue weighted by atomic mass is 16.5. The van der Waals surface area contributed by atoms with Crippen LogP contribution in [0.4, 0.5) is 0 Å². The van der Waals surface area contributed by atoms with Crippen LogP contribution in [0.5, 0.6) is 0 Å². The van der Waals surface area contributed by atoms with E-state index in [9.17, 15) is 9.59 Å². The third-order valence-corrected chi connectivity index (χ3v) is 1.97. The molecule has 0 saturated carbocycles. The molecule has 1 N–H and O–H groups in total. The van der Waals surface area contributed by atoms with Crippen LogP contribution in [0.15, 0.2) is 12.7 Å². The summed E-state index contributed by atoms with van der Waals surface area (Å²) in [6, 6.07) is 0. The number of amides is 1. The first kappa shape index (κ1) is 12.7. The zero-order valence-corrected chi connectivity index (χ0v) is 8.92. The molecule has 0 radical (unpaired) electrons. The Hall–Kier alpha value is -1.32. The third kappa shape index (κ3) is 3.20. The van der Waals surface area contributed by atoms with Crippen molar-refractivity contribution >= 4 is 11.9 Å². The summed E-state index contributed by atoms with van der Waals surface area (Å²) in [4.78, 5) is 22.5. The van der Waals surface area contributed by atoms with E-state index in [0.717, 1.165) is 12.5 Å². The number of rotatable bonds is 5. The molecule has 14 heavy (non-hydrogen) atoms. The summed E-state index contributed by atoms with van der Waals surface area (Å²) in [5.41, 5.74) is -0.950. The minimum absolute atomic E-state index is 0.369. The number of ether oxygens (including phenoxy) is 1. The van der Waals surface area contributed by atoms with E-state index in [1.807, 2.05) is 6.92 Å². The summed E-state index contributed by atoms with van der Waals surface area (Å²) >= 11 is 0. The SMILES string of the molecule is C=CC(=O)NC(C)(CCC)C(=O)OC. The zero-order valence-electron chi connectivity index (χ0n) is 8.92. The van der Waals surface area contributed by atoms with Crippen molar-refractivity contribution in [3.63, 3.8) is 0 Å². The summed E-state index contributed by atoms with van der Waals surface area (Å²) in [7, 11) is 1.30. The number of methoxy groups -OCH3 is 1. The predicted molar refractivity (Wildman–Crippen MR) is 53.7 cm³/mol. The smallest absolute Gasteiger partial charge is 0.331 e. The molecule has 1 unspecified atom stereocenters. The monoisotopic (exact) mass is 199 g/mol. The molecular weight excluding hydrogens is 182 g/mol. The Kier molecular flexibility index (Phi) is 4.91. The normalized spacial score (nSPS) is 13.9. The van der Waals surface area contributed by atoms with Crippen LogP contribution in [0.3, 0.4) is 0 Å². The number of carbonyl (C=O) groups excluding carboxylic acids is 2. The lowest BCUT2D eigenvalue weighted by molar-refractivity contribution is -0.150. The Morgan fingerprint density at radius 1 is 1.57 bits per heavy atom. The zero-order chi connectivity index (χ0) is 11.2. The van der Waals surface area contributed by atoms with Crippen LogP contribution >= 0.6 is 0 Å². The molecule has 1 atom stereocenters. The van der Waals surface area contributed by atoms with Crippen LogP contribution in [-0.4, -0.2) is 24.5 Å². The van der Waals surface area contributed by atoms with Gasteiger partial charge in [0, 0.05) is 0 Å². The van der Waals surface area contributed by atoms with E-state index in [2.05, 4.69) is 16.6 Å². The van der Waals surface area contributed by atoms with Gasteiger partial charge in [0.2, 0.25) is 5.91 Å². The minimum atomic E-state index is -0.950. The molecule has 0 fully saturated rings. The van der Waals surface area contributed by atoms with Crippen LogP contribution in [0, 0.1) is 0 Å². The maximum Gasteiger partial charge on any atom is 0.331 e. The van der Waals surface area contributed by atoms with Gasteiger partial charge in [0.15, 0.2) is 0 Å². The van der Waals surface area contributed by atoms with Gasteiger partial charge in [0.05, 0.1) is 7.11 Å². The van der Waals surface area contributed by atoms with Crippen molar-refractivity contribution in [1.82, 2.24) is 5.32 Å². The first-order valence-electron chi connectivity index (χ1n) is 4.53. The molecule has 0 aliphatic rings. The highest BCUT2D eigenvalue weighted by Gasteiger charge is 2.34. The van der Waals surface area contributed by atoms with Gasteiger partial charge in [-0.05, 0) is 19.4 Å². The van der Waals surface area contributed by atoms with Crippen molar-refractivity contribution in [2.24, 2.45) is 0 Å². The maximum atomic E-state index is 11.4. The Bertz CT molecular complexity index is 238. The first-order chi connectivity index (χ1) is 6.50. The van der Waals surface area contributed by atoms with E-state index in [-0.39, 0.29) is 5.91 Å². The molecule has 80 valence electrons. The molecule has 0 bridgehead atoms. The summed E-state index contributed by atoms with van der Waals surface area (Å²) in [6.45, 7) is 6.90. The van der Waals surface area contributed by atoms with Gasteiger partial charge in [-0.2, -0.15) is 0 Å². The predicted octanol–water partition coefficient (Wildman–Crippen LogP) is 1.02. The highest BCUT2D eigenvalue weighted by molar-refractivity contribution is 5.92. The number of nitrogens with one attached hydrogen (secondary N) is 1. The lowest BCUT2D eigenvalue weighted by Gasteiger charge is -2.26. The molecular formula is C10H17NO3. The topological polar surface area (TPSA) is 55.4 Å². The number of esters is 1. The van der Waals surface area contributed by atoms with E-state index in [1.54, 1.807) is 6.92 Å². The largest absolute Gasteiger partial charge is 0.467 e. The maximum absolute atomic E-state index is 11.4. The molecule has 0 spiro atoms. The van der Waals surface area contributed by atoms with Crippen LogP contribution in [0.25, 0.3) is 0 Å². The van der Waals surface area contributed by atoms with Gasteiger partial charge in [0.1, 0.15) is 5.54 Å². The van der Waals surface area contributed by atoms with Crippen LogP contribution in [0.2, 0.25) is 0 Å². The highest BCUT2D eigenvalue weighted by Crippen LogP contribution is 2.14.